The van der Waals surface area contributed by atoms with Crippen LogP contribution in [0.4, 0.5) is 23.2 Å². The molecule has 0 bridgehead atoms. The molecule has 1 spiro atoms. The molecule has 1 fully saturated rings. The van der Waals surface area contributed by atoms with Crippen LogP contribution in [-0.2, 0) is 22.9 Å². The van der Waals surface area contributed by atoms with Crippen molar-refractivity contribution >= 4 is 34.9 Å². The van der Waals surface area contributed by atoms with Gasteiger partial charge in [-0.15, -0.1) is 5.10 Å². The van der Waals surface area contributed by atoms with Crippen molar-refractivity contribution in [3.63, 3.8) is 0 Å². The number of aryl methyl sites for hydroxylation is 1. The third-order valence-electron chi connectivity index (χ3n) is 9.52. The lowest BCUT2D eigenvalue weighted by Crippen LogP contribution is -2.46. The predicted molar refractivity (Wildman–Crippen MR) is 174 cm³/mol. The highest BCUT2D eigenvalue weighted by Crippen LogP contribution is 2.50. The van der Waals surface area contributed by atoms with E-state index in [2.05, 4.69) is 30.4 Å². The average molecular weight is 726 g/mol. The fraction of sp³-hybridized carbons (Fsp3) is 0.333. The monoisotopic (exact) mass is 725 g/mol. The normalized spacial score (nSPS) is 16.8. The number of hydrogen-bond acceptors (Lipinski definition) is 9. The summed E-state index contributed by atoms with van der Waals surface area (Å²) < 4.78 is 55.9. The minimum atomic E-state index is -4.63. The Balaban J connectivity index is 1.28. The number of hydrogen-bond donors (Lipinski definition) is 2. The van der Waals surface area contributed by atoms with Crippen molar-refractivity contribution in [1.29, 1.82) is 0 Å². The lowest BCUT2D eigenvalue weighted by Gasteiger charge is -2.39. The molecular formula is C33H28ClF4N9O4. The number of likely N-dealkylation sites (tertiary alicyclic amines) is 1. The molecule has 51 heavy (non-hydrogen) atoms. The Hall–Kier alpha value is -5.45. The number of nitrogens with one attached hydrogen (secondary N) is 1. The zero-order chi connectivity index (χ0) is 36.4. The zero-order valence-electron chi connectivity index (χ0n) is 27.0. The fourth-order valence-electron chi connectivity index (χ4n) is 7.13. The maximum Gasteiger partial charge on any atom is 0.416 e. The summed E-state index contributed by atoms with van der Waals surface area (Å²) in [6, 6.07) is 5.07. The van der Waals surface area contributed by atoms with Gasteiger partial charge in [-0.1, -0.05) is 18.5 Å². The number of fused-ring (bicyclic) bond motifs is 3. The molecule has 18 heteroatoms. The average Bonchev–Trinajstić information content (AvgIpc) is 3.65. The molecule has 5 heterocycles. The highest BCUT2D eigenvalue weighted by Gasteiger charge is 2.49. The SMILES string of the molecule is Cc1ncnc(C(=O)N2CCC3(CC2)CC(C)c2c3c(=O)n3nc(-c4ccc(F)cn4)nc3n2CC(=O)Nc2ccc(C(F)(F)F)cc2Cl)c1O. The number of pyridine rings is 1. The number of piperidine rings is 1. The number of carbonyl (C=O) groups excluding carboxylic acids is 2. The molecule has 264 valence electrons. The Labute approximate surface area is 291 Å². The lowest BCUT2D eigenvalue weighted by molar-refractivity contribution is -0.137. The Morgan fingerprint density at radius 2 is 1.86 bits per heavy atom. The maximum absolute atomic E-state index is 14.4. The van der Waals surface area contributed by atoms with Gasteiger partial charge in [0.15, 0.2) is 11.4 Å². The number of aromatic nitrogens is 7. The molecule has 7 rings (SSSR count). The van der Waals surface area contributed by atoms with E-state index in [9.17, 15) is 37.1 Å². The van der Waals surface area contributed by atoms with Crippen molar-refractivity contribution in [1.82, 2.24) is 39.0 Å². The Kier molecular flexibility index (Phi) is 8.27. The number of rotatable bonds is 5. The first-order chi connectivity index (χ1) is 24.2. The first kappa shape index (κ1) is 34.0. The van der Waals surface area contributed by atoms with E-state index in [-0.39, 0.29) is 64.2 Å². The van der Waals surface area contributed by atoms with Gasteiger partial charge in [-0.25, -0.2) is 19.3 Å². The smallest absolute Gasteiger partial charge is 0.416 e. The van der Waals surface area contributed by atoms with Crippen LogP contribution in [-0.4, -0.2) is 69.0 Å². The van der Waals surface area contributed by atoms with Gasteiger partial charge in [0.2, 0.25) is 17.5 Å². The van der Waals surface area contributed by atoms with Gasteiger partial charge in [-0.2, -0.15) is 22.7 Å². The van der Waals surface area contributed by atoms with Gasteiger partial charge in [0.25, 0.3) is 11.5 Å². The van der Waals surface area contributed by atoms with Gasteiger partial charge < -0.3 is 19.9 Å². The van der Waals surface area contributed by atoms with E-state index in [1.54, 1.807) is 16.4 Å². The Bertz CT molecular complexity index is 2280. The standard InChI is InChI=1S/C33H28ClF4N9O4/c1-16-12-32(7-9-45(10-8-32)30(51)25-27(49)17(2)40-15-41-25)24-26(16)46(14-23(48)42-21-5-3-18(11-20(21)34)33(36,37)38)31-43-28(44-47(31)29(24)50)22-6-4-19(35)13-39-22/h3-6,11,13,15-16,49H,7-10,12,14H2,1-2H3,(H,42,48). The van der Waals surface area contributed by atoms with Crippen LogP contribution >= 0.6 is 11.6 Å². The summed E-state index contributed by atoms with van der Waals surface area (Å²) in [6.07, 6.45) is -1.21. The van der Waals surface area contributed by atoms with Crippen LogP contribution < -0.4 is 10.9 Å². The van der Waals surface area contributed by atoms with Gasteiger partial charge in [-0.05, 0) is 62.4 Å². The first-order valence-corrected chi connectivity index (χ1v) is 16.2. The summed E-state index contributed by atoms with van der Waals surface area (Å²) >= 11 is 6.11. The third-order valence-corrected chi connectivity index (χ3v) is 9.84. The van der Waals surface area contributed by atoms with Gasteiger partial charge in [-0.3, -0.25) is 14.4 Å². The van der Waals surface area contributed by atoms with Crippen LogP contribution in [0.2, 0.25) is 5.02 Å². The maximum atomic E-state index is 14.4. The van der Waals surface area contributed by atoms with Crippen molar-refractivity contribution in [2.75, 3.05) is 18.4 Å². The van der Waals surface area contributed by atoms with Crippen LogP contribution in [0.1, 0.15) is 65.1 Å². The molecule has 1 aliphatic heterocycles. The van der Waals surface area contributed by atoms with E-state index in [0.29, 0.717) is 36.6 Å². The van der Waals surface area contributed by atoms with Crippen molar-refractivity contribution < 1.29 is 32.3 Å². The van der Waals surface area contributed by atoms with Crippen molar-refractivity contribution in [2.45, 2.75) is 57.2 Å². The molecule has 1 aromatic carbocycles. The number of benzene rings is 1. The summed E-state index contributed by atoms with van der Waals surface area (Å²) in [7, 11) is 0. The van der Waals surface area contributed by atoms with Crippen molar-refractivity contribution in [3.05, 3.63) is 92.3 Å². The van der Waals surface area contributed by atoms with E-state index < -0.39 is 46.9 Å². The second-order valence-corrected chi connectivity index (χ2v) is 13.1. The molecular weight excluding hydrogens is 698 g/mol. The lowest BCUT2D eigenvalue weighted by atomic mass is 9.73. The highest BCUT2D eigenvalue weighted by molar-refractivity contribution is 6.33. The second kappa shape index (κ2) is 12.4. The quantitative estimate of drug-likeness (QED) is 0.241. The molecule has 1 aliphatic carbocycles. The zero-order valence-corrected chi connectivity index (χ0v) is 27.8. The third kappa shape index (κ3) is 5.94. The minimum absolute atomic E-state index is 0.000313. The minimum Gasteiger partial charge on any atom is -0.504 e. The molecule has 13 nitrogen and oxygen atoms in total. The summed E-state index contributed by atoms with van der Waals surface area (Å²) in [5.41, 5.74) is -0.991. The van der Waals surface area contributed by atoms with Crippen LogP contribution in [0.3, 0.4) is 0 Å². The van der Waals surface area contributed by atoms with Crippen LogP contribution in [0.25, 0.3) is 17.3 Å². The van der Waals surface area contributed by atoms with E-state index >= 15 is 0 Å². The van der Waals surface area contributed by atoms with Crippen LogP contribution in [0.5, 0.6) is 5.75 Å². The van der Waals surface area contributed by atoms with Gasteiger partial charge in [0, 0.05) is 29.8 Å². The number of halogens is 5. The summed E-state index contributed by atoms with van der Waals surface area (Å²) in [5, 5.41) is 17.1. The molecule has 5 aromatic rings. The number of anilines is 1. The molecule has 0 radical (unpaired) electrons. The molecule has 2 aliphatic rings. The van der Waals surface area contributed by atoms with Crippen molar-refractivity contribution in [2.24, 2.45) is 0 Å². The highest BCUT2D eigenvalue weighted by atomic mass is 35.5. The number of aromatic hydroxyl groups is 1. The summed E-state index contributed by atoms with van der Waals surface area (Å²) in [4.78, 5) is 59.3. The van der Waals surface area contributed by atoms with Crippen LogP contribution in [0, 0.1) is 12.7 Å². The summed E-state index contributed by atoms with van der Waals surface area (Å²) in [6.45, 7) is 3.51. The van der Waals surface area contributed by atoms with Gasteiger partial charge >= 0.3 is 6.18 Å². The molecule has 2 N–H and O–H groups in total. The van der Waals surface area contributed by atoms with E-state index in [0.717, 1.165) is 28.9 Å². The largest absolute Gasteiger partial charge is 0.504 e. The van der Waals surface area contributed by atoms with Gasteiger partial charge in [0.05, 0.1) is 28.2 Å². The summed E-state index contributed by atoms with van der Waals surface area (Å²) in [5.74, 6) is -2.31. The Morgan fingerprint density at radius 3 is 2.53 bits per heavy atom. The molecule has 1 saturated heterocycles. The molecule has 1 atom stereocenters. The molecule has 1 unspecified atom stereocenters. The van der Waals surface area contributed by atoms with Crippen molar-refractivity contribution in [3.8, 4) is 17.3 Å². The number of alkyl halides is 3. The fourth-order valence-corrected chi connectivity index (χ4v) is 7.36. The number of amides is 2. The Morgan fingerprint density at radius 1 is 1.12 bits per heavy atom. The van der Waals surface area contributed by atoms with E-state index in [4.69, 9.17) is 11.6 Å². The second-order valence-electron chi connectivity index (χ2n) is 12.7. The predicted octanol–water partition coefficient (Wildman–Crippen LogP) is 4.89. The van der Waals surface area contributed by atoms with Crippen LogP contribution in [0.15, 0.2) is 47.7 Å². The number of carbonyl (C=O) groups is 2. The first-order valence-electron chi connectivity index (χ1n) is 15.8. The number of nitrogens with zero attached hydrogens (tertiary/aromatic N) is 8. The van der Waals surface area contributed by atoms with E-state index in [1.807, 2.05) is 6.92 Å². The van der Waals surface area contributed by atoms with E-state index in [1.165, 1.54) is 12.4 Å². The molecule has 2 amide bonds. The molecule has 0 saturated carbocycles. The van der Waals surface area contributed by atoms with Gasteiger partial charge in [0.1, 0.15) is 24.4 Å². The molecule has 4 aromatic heterocycles. The topological polar surface area (TPSA) is 160 Å².